The lowest BCUT2D eigenvalue weighted by Gasteiger charge is -2.07. The van der Waals surface area contributed by atoms with Crippen LogP contribution in [0.5, 0.6) is 0 Å². The van der Waals surface area contributed by atoms with Crippen LogP contribution in [0.1, 0.15) is 15.2 Å². The van der Waals surface area contributed by atoms with E-state index < -0.39 is 0 Å². The third-order valence-electron chi connectivity index (χ3n) is 6.64. The highest BCUT2D eigenvalue weighted by Crippen LogP contribution is 2.34. The summed E-state index contributed by atoms with van der Waals surface area (Å²) >= 11 is 1.69. The maximum Gasteiger partial charge on any atom is 0.255 e. The largest absolute Gasteiger partial charge is 0.336 e. The summed E-state index contributed by atoms with van der Waals surface area (Å²) in [5.74, 6) is 0.447. The van der Waals surface area contributed by atoms with Crippen LogP contribution >= 0.6 is 11.3 Å². The van der Waals surface area contributed by atoms with Crippen LogP contribution < -0.4 is 5.32 Å². The first-order chi connectivity index (χ1) is 19.5. The number of nitrogens with one attached hydrogen (secondary N) is 2. The van der Waals surface area contributed by atoms with Gasteiger partial charge in [-0.25, -0.2) is 14.6 Å². The zero-order chi connectivity index (χ0) is 27.2. The highest BCUT2D eigenvalue weighted by Gasteiger charge is 2.19. The van der Waals surface area contributed by atoms with E-state index in [2.05, 4.69) is 39.3 Å². The van der Waals surface area contributed by atoms with E-state index in [4.69, 9.17) is 15.1 Å². The van der Waals surface area contributed by atoms with Crippen molar-refractivity contribution in [3.63, 3.8) is 0 Å². The molecule has 7 rings (SSSR count). The van der Waals surface area contributed by atoms with Gasteiger partial charge in [0.05, 0.1) is 27.7 Å². The Morgan fingerprint density at radius 1 is 0.950 bits per heavy atom. The molecule has 0 aliphatic heterocycles. The van der Waals surface area contributed by atoms with Crippen molar-refractivity contribution in [2.45, 2.75) is 6.92 Å². The number of H-pyrrole nitrogens is 1. The van der Waals surface area contributed by atoms with E-state index in [0.29, 0.717) is 22.8 Å². The number of hydrogen-bond donors (Lipinski definition) is 2. The second-order valence-electron chi connectivity index (χ2n) is 9.40. The van der Waals surface area contributed by atoms with Crippen LogP contribution in [-0.2, 0) is 7.05 Å². The van der Waals surface area contributed by atoms with Crippen LogP contribution in [0.3, 0.4) is 0 Å². The van der Waals surface area contributed by atoms with Gasteiger partial charge in [-0.1, -0.05) is 18.2 Å². The minimum absolute atomic E-state index is 0.195. The number of rotatable bonds is 5. The number of aromatic amines is 1. The van der Waals surface area contributed by atoms with E-state index in [1.54, 1.807) is 52.9 Å². The predicted molar refractivity (Wildman–Crippen MR) is 157 cm³/mol. The van der Waals surface area contributed by atoms with Crippen LogP contribution in [-0.4, -0.2) is 40.6 Å². The number of pyridine rings is 3. The summed E-state index contributed by atoms with van der Waals surface area (Å²) in [6.45, 7) is 2.08. The lowest BCUT2D eigenvalue weighted by Crippen LogP contribution is -2.11. The highest BCUT2D eigenvalue weighted by atomic mass is 32.1. The van der Waals surface area contributed by atoms with E-state index in [1.165, 1.54) is 4.88 Å². The van der Waals surface area contributed by atoms with Crippen molar-refractivity contribution in [1.29, 1.82) is 0 Å². The number of imidazole rings is 1. The molecule has 9 nitrogen and oxygen atoms in total. The molecule has 0 bridgehead atoms. The summed E-state index contributed by atoms with van der Waals surface area (Å²) in [5, 5.41) is 8.53. The Hall–Kier alpha value is -5.22. The molecule has 2 N–H and O–H groups in total. The van der Waals surface area contributed by atoms with Crippen LogP contribution in [0, 0.1) is 6.92 Å². The van der Waals surface area contributed by atoms with Crippen molar-refractivity contribution in [1.82, 2.24) is 34.7 Å². The zero-order valence-electron chi connectivity index (χ0n) is 21.6. The maximum atomic E-state index is 12.7. The lowest BCUT2D eigenvalue weighted by molar-refractivity contribution is 0.102. The van der Waals surface area contributed by atoms with Gasteiger partial charge in [-0.2, -0.15) is 5.10 Å². The molecule has 0 saturated carbocycles. The zero-order valence-corrected chi connectivity index (χ0v) is 22.4. The van der Waals surface area contributed by atoms with Crippen molar-refractivity contribution < 1.29 is 4.79 Å². The summed E-state index contributed by atoms with van der Waals surface area (Å²) in [4.78, 5) is 37.0. The van der Waals surface area contributed by atoms with Gasteiger partial charge in [0, 0.05) is 47.2 Å². The molecule has 7 aromatic rings. The molecular formula is C30H22N8OS. The third kappa shape index (κ3) is 4.20. The molecule has 6 aromatic heterocycles. The minimum Gasteiger partial charge on any atom is -0.336 e. The Bertz CT molecular complexity index is 2040. The highest BCUT2D eigenvalue weighted by molar-refractivity contribution is 7.15. The first-order valence-electron chi connectivity index (χ1n) is 12.6. The van der Waals surface area contributed by atoms with E-state index in [1.807, 2.05) is 43.4 Å². The number of benzene rings is 1. The number of aryl methyl sites for hydroxylation is 2. The van der Waals surface area contributed by atoms with Gasteiger partial charge in [-0.3, -0.25) is 14.8 Å². The average molecular weight is 543 g/mol. The smallest absolute Gasteiger partial charge is 0.255 e. The Morgan fingerprint density at radius 3 is 2.62 bits per heavy atom. The number of carbonyl (C=O) groups is 1. The van der Waals surface area contributed by atoms with E-state index in [0.717, 1.165) is 43.8 Å². The number of hydrogen-bond acceptors (Lipinski definition) is 7. The molecule has 0 unspecified atom stereocenters. The van der Waals surface area contributed by atoms with Crippen molar-refractivity contribution in [3.05, 3.63) is 95.9 Å². The summed E-state index contributed by atoms with van der Waals surface area (Å²) in [6, 6.07) is 19.1. The number of fused-ring (bicyclic) bond motifs is 2. The molecule has 194 valence electrons. The van der Waals surface area contributed by atoms with Gasteiger partial charge < -0.3 is 10.3 Å². The molecule has 6 heterocycles. The fraction of sp³-hybridized carbons (Fsp3) is 0.0667. The maximum absolute atomic E-state index is 12.7. The van der Waals surface area contributed by atoms with Gasteiger partial charge >= 0.3 is 0 Å². The van der Waals surface area contributed by atoms with Gasteiger partial charge in [-0.05, 0) is 49.4 Å². The quantitative estimate of drug-likeness (QED) is 0.265. The summed E-state index contributed by atoms with van der Waals surface area (Å²) in [5.41, 5.74) is 6.79. The van der Waals surface area contributed by atoms with Gasteiger partial charge in [0.1, 0.15) is 16.9 Å². The van der Waals surface area contributed by atoms with E-state index in [-0.39, 0.29) is 5.91 Å². The summed E-state index contributed by atoms with van der Waals surface area (Å²) in [7, 11) is 1.86. The van der Waals surface area contributed by atoms with Gasteiger partial charge in [-0.15, -0.1) is 11.3 Å². The number of amides is 1. The third-order valence-corrected chi connectivity index (χ3v) is 7.65. The molecule has 1 amide bonds. The van der Waals surface area contributed by atoms with Gasteiger partial charge in [0.25, 0.3) is 5.91 Å². The van der Waals surface area contributed by atoms with Crippen molar-refractivity contribution in [3.8, 4) is 33.2 Å². The van der Waals surface area contributed by atoms with E-state index in [9.17, 15) is 4.79 Å². The van der Waals surface area contributed by atoms with Crippen LogP contribution in [0.15, 0.2) is 85.5 Å². The molecule has 1 aromatic carbocycles. The number of thiophene rings is 1. The second-order valence-corrected chi connectivity index (χ2v) is 10.7. The standard InChI is InChI=1S/C30H22N8OS/c1-17-8-9-24(40-17)27-26-23(10-11-32-27)35-28(36-26)25-22-13-20(15-33-29(22)38(2)37-25)19-12-21(16-31-14-19)34-30(39)18-6-4-3-5-7-18/h3-16H,1-2H3,(H,34,39)(H,35,36). The number of anilines is 1. The molecule has 0 radical (unpaired) electrons. The second kappa shape index (κ2) is 9.51. The monoisotopic (exact) mass is 542 g/mol. The fourth-order valence-corrected chi connectivity index (χ4v) is 5.59. The van der Waals surface area contributed by atoms with Gasteiger partial charge in [0.15, 0.2) is 11.5 Å². The first-order valence-corrected chi connectivity index (χ1v) is 13.4. The molecule has 0 aliphatic carbocycles. The molecule has 10 heteroatoms. The van der Waals surface area contributed by atoms with Gasteiger partial charge in [0.2, 0.25) is 0 Å². The number of carbonyl (C=O) groups excluding carboxylic acids is 1. The molecule has 0 aliphatic rings. The fourth-order valence-electron chi connectivity index (χ4n) is 4.72. The summed E-state index contributed by atoms with van der Waals surface area (Å²) in [6.07, 6.45) is 6.95. The van der Waals surface area contributed by atoms with Crippen LogP contribution in [0.2, 0.25) is 0 Å². The Morgan fingerprint density at radius 2 is 1.80 bits per heavy atom. The molecule has 0 spiro atoms. The normalized spacial score (nSPS) is 11.3. The van der Waals surface area contributed by atoms with Crippen LogP contribution in [0.25, 0.3) is 55.3 Å². The molecule has 40 heavy (non-hydrogen) atoms. The Kier molecular flexibility index (Phi) is 5.67. The topological polar surface area (TPSA) is 114 Å². The minimum atomic E-state index is -0.195. The Labute approximate surface area is 232 Å². The van der Waals surface area contributed by atoms with Crippen molar-refractivity contribution in [2.24, 2.45) is 7.05 Å². The van der Waals surface area contributed by atoms with Crippen LogP contribution in [0.4, 0.5) is 5.69 Å². The number of aromatic nitrogens is 7. The molecule has 0 saturated heterocycles. The molecule has 0 atom stereocenters. The molecular weight excluding hydrogens is 520 g/mol. The van der Waals surface area contributed by atoms with E-state index >= 15 is 0 Å². The number of nitrogens with zero attached hydrogens (tertiary/aromatic N) is 6. The van der Waals surface area contributed by atoms with Crippen molar-refractivity contribution in [2.75, 3.05) is 5.32 Å². The Balaban J connectivity index is 1.27. The lowest BCUT2D eigenvalue weighted by atomic mass is 10.1. The SMILES string of the molecule is Cc1ccc(-c2nccc3[nH]c(-c4nn(C)c5ncc(-c6cncc(NC(=O)c7ccccc7)c6)cc45)nc23)s1. The first kappa shape index (κ1) is 23.9. The predicted octanol–water partition coefficient (Wildman–Crippen LogP) is 6.26. The average Bonchev–Trinajstić information content (AvgIpc) is 3.70. The molecule has 0 fully saturated rings. The summed E-state index contributed by atoms with van der Waals surface area (Å²) < 4.78 is 1.75. The van der Waals surface area contributed by atoms with Crippen molar-refractivity contribution >= 4 is 45.0 Å².